The molecule has 0 saturated carbocycles. The molecule has 2 aromatic heterocycles. The number of aromatic nitrogens is 2. The van der Waals surface area contributed by atoms with E-state index in [9.17, 15) is 0 Å². The third-order valence-electron chi connectivity index (χ3n) is 2.98. The van der Waals surface area contributed by atoms with Gasteiger partial charge in [0.05, 0.1) is 0 Å². The van der Waals surface area contributed by atoms with Crippen LogP contribution in [-0.4, -0.2) is 9.97 Å². The van der Waals surface area contributed by atoms with Crippen LogP contribution in [0.15, 0.2) is 4.60 Å². The zero-order chi connectivity index (χ0) is 12.0. The number of aryl methyl sites for hydroxylation is 2. The molecule has 0 atom stereocenters. The first-order chi connectivity index (χ1) is 8.16. The van der Waals surface area contributed by atoms with Crippen LogP contribution >= 0.6 is 50.5 Å². The van der Waals surface area contributed by atoms with Crippen molar-refractivity contribution in [1.82, 2.24) is 9.97 Å². The Morgan fingerprint density at radius 2 is 1.94 bits per heavy atom. The summed E-state index contributed by atoms with van der Waals surface area (Å²) in [6.45, 7) is 0. The maximum Gasteiger partial charge on any atom is 0.167 e. The Bertz CT molecular complexity index is 582. The Kier molecular flexibility index (Phi) is 3.32. The summed E-state index contributed by atoms with van der Waals surface area (Å²) in [5.41, 5.74) is 1.41. The van der Waals surface area contributed by atoms with Gasteiger partial charge in [-0.25, -0.2) is 9.97 Å². The highest BCUT2D eigenvalue weighted by molar-refractivity contribution is 9.10. The lowest BCUT2D eigenvalue weighted by atomic mass is 9.97. The molecule has 0 radical (unpaired) electrons. The van der Waals surface area contributed by atoms with Gasteiger partial charge in [-0.2, -0.15) is 0 Å². The fourth-order valence-corrected chi connectivity index (χ4v) is 4.43. The number of rotatable bonds is 1. The lowest BCUT2D eigenvalue weighted by Crippen LogP contribution is -1.99. The second kappa shape index (κ2) is 4.65. The fourth-order valence-electron chi connectivity index (χ4n) is 2.23. The molecule has 0 aliphatic heterocycles. The zero-order valence-corrected chi connectivity index (χ0v) is 12.8. The first-order valence-electron chi connectivity index (χ1n) is 5.42. The van der Waals surface area contributed by atoms with Crippen molar-refractivity contribution in [2.45, 2.75) is 30.5 Å². The van der Waals surface area contributed by atoms with E-state index in [1.54, 1.807) is 11.3 Å². The molecule has 0 fully saturated rings. The summed E-state index contributed by atoms with van der Waals surface area (Å²) >= 11 is 16.9. The summed E-state index contributed by atoms with van der Waals surface area (Å²) in [5.74, 6) is 0.478. The van der Waals surface area contributed by atoms with Crippen LogP contribution < -0.4 is 0 Å². The van der Waals surface area contributed by atoms with Gasteiger partial charge in [-0.05, 0) is 47.2 Å². The van der Waals surface area contributed by atoms with E-state index in [4.69, 9.17) is 23.2 Å². The number of fused-ring (bicyclic) bond motifs is 3. The SMILES string of the molecule is ClC(Cl)c1nc(Br)c2c3c(sc2n1)CCCC3. The van der Waals surface area contributed by atoms with Gasteiger partial charge in [0.15, 0.2) is 10.7 Å². The molecular formula is C11H9BrCl2N2S. The summed E-state index contributed by atoms with van der Waals surface area (Å²) in [5, 5.41) is 1.16. The molecule has 3 rings (SSSR count). The van der Waals surface area contributed by atoms with Gasteiger partial charge in [0.2, 0.25) is 0 Å². The Balaban J connectivity index is 2.27. The molecule has 17 heavy (non-hydrogen) atoms. The first kappa shape index (κ1) is 12.2. The van der Waals surface area contributed by atoms with Crippen LogP contribution in [0.2, 0.25) is 0 Å². The predicted molar refractivity (Wildman–Crippen MR) is 76.2 cm³/mol. The molecule has 0 amide bonds. The highest BCUT2D eigenvalue weighted by Gasteiger charge is 2.21. The maximum absolute atomic E-state index is 5.83. The number of hydrogen-bond acceptors (Lipinski definition) is 3. The van der Waals surface area contributed by atoms with Crippen LogP contribution in [0.3, 0.4) is 0 Å². The molecular weight excluding hydrogens is 343 g/mol. The third-order valence-corrected chi connectivity index (χ3v) is 5.13. The molecule has 0 aromatic carbocycles. The average molecular weight is 352 g/mol. The number of alkyl halides is 2. The van der Waals surface area contributed by atoms with Crippen molar-refractivity contribution in [3.05, 3.63) is 20.9 Å². The summed E-state index contributed by atoms with van der Waals surface area (Å²) in [7, 11) is 0. The van der Waals surface area contributed by atoms with Crippen molar-refractivity contribution < 1.29 is 0 Å². The molecule has 1 aliphatic carbocycles. The maximum atomic E-state index is 5.83. The van der Waals surface area contributed by atoms with Gasteiger partial charge < -0.3 is 0 Å². The zero-order valence-electron chi connectivity index (χ0n) is 8.84. The Labute approximate surface area is 121 Å². The van der Waals surface area contributed by atoms with Crippen LogP contribution in [0, 0.1) is 0 Å². The summed E-state index contributed by atoms with van der Waals surface area (Å²) < 4.78 is 0.822. The minimum atomic E-state index is -0.671. The van der Waals surface area contributed by atoms with Crippen molar-refractivity contribution in [2.24, 2.45) is 0 Å². The monoisotopic (exact) mass is 350 g/mol. The highest BCUT2D eigenvalue weighted by atomic mass is 79.9. The standard InChI is InChI=1S/C11H9BrCl2N2S/c12-8-7-5-3-1-2-4-6(5)17-11(7)16-10(15-8)9(13)14/h9H,1-4H2. The van der Waals surface area contributed by atoms with E-state index in [-0.39, 0.29) is 0 Å². The molecule has 0 bridgehead atoms. The molecule has 0 unspecified atom stereocenters. The lowest BCUT2D eigenvalue weighted by molar-refractivity contribution is 0.700. The van der Waals surface area contributed by atoms with Crippen LogP contribution in [-0.2, 0) is 12.8 Å². The van der Waals surface area contributed by atoms with Crippen molar-refractivity contribution in [3.63, 3.8) is 0 Å². The van der Waals surface area contributed by atoms with Gasteiger partial charge in [-0.15, -0.1) is 11.3 Å². The van der Waals surface area contributed by atoms with E-state index in [0.29, 0.717) is 5.82 Å². The Morgan fingerprint density at radius 1 is 1.18 bits per heavy atom. The number of nitrogens with zero attached hydrogens (tertiary/aromatic N) is 2. The van der Waals surface area contributed by atoms with E-state index in [1.807, 2.05) is 0 Å². The normalized spacial score (nSPS) is 15.5. The van der Waals surface area contributed by atoms with Gasteiger partial charge >= 0.3 is 0 Å². The molecule has 0 spiro atoms. The van der Waals surface area contributed by atoms with Gasteiger partial charge in [-0.3, -0.25) is 0 Å². The van der Waals surface area contributed by atoms with E-state index in [1.165, 1.54) is 23.3 Å². The van der Waals surface area contributed by atoms with Crippen molar-refractivity contribution >= 4 is 60.7 Å². The van der Waals surface area contributed by atoms with E-state index < -0.39 is 4.84 Å². The van der Waals surface area contributed by atoms with E-state index >= 15 is 0 Å². The fraction of sp³-hybridized carbons (Fsp3) is 0.455. The van der Waals surface area contributed by atoms with Gasteiger partial charge in [0.25, 0.3) is 0 Å². The first-order valence-corrected chi connectivity index (χ1v) is 7.91. The van der Waals surface area contributed by atoms with E-state index in [2.05, 4.69) is 25.9 Å². The van der Waals surface area contributed by atoms with Gasteiger partial charge in [0.1, 0.15) is 9.43 Å². The van der Waals surface area contributed by atoms with Crippen molar-refractivity contribution in [1.29, 1.82) is 0 Å². The molecule has 6 heteroatoms. The smallest absolute Gasteiger partial charge is 0.167 e. The molecule has 90 valence electrons. The number of halogens is 3. The average Bonchev–Trinajstić information content (AvgIpc) is 2.67. The second-order valence-electron chi connectivity index (χ2n) is 4.06. The molecule has 2 heterocycles. The predicted octanol–water partition coefficient (Wildman–Crippen LogP) is 4.81. The van der Waals surface area contributed by atoms with Crippen molar-refractivity contribution in [3.8, 4) is 0 Å². The van der Waals surface area contributed by atoms with Gasteiger partial charge in [0, 0.05) is 10.3 Å². The molecule has 0 saturated heterocycles. The number of thiophene rings is 1. The minimum Gasteiger partial charge on any atom is -0.222 e. The van der Waals surface area contributed by atoms with E-state index in [0.717, 1.165) is 27.7 Å². The highest BCUT2D eigenvalue weighted by Crippen LogP contribution is 2.39. The summed E-state index contributed by atoms with van der Waals surface area (Å²) in [6.07, 6.45) is 4.80. The van der Waals surface area contributed by atoms with Crippen LogP contribution in [0.4, 0.5) is 0 Å². The van der Waals surface area contributed by atoms with Crippen LogP contribution in [0.25, 0.3) is 10.2 Å². The largest absolute Gasteiger partial charge is 0.222 e. The summed E-state index contributed by atoms with van der Waals surface area (Å²) in [6, 6.07) is 0. The van der Waals surface area contributed by atoms with Crippen LogP contribution in [0.1, 0.15) is 33.9 Å². The molecule has 2 nitrogen and oxygen atoms in total. The molecule has 1 aliphatic rings. The van der Waals surface area contributed by atoms with Crippen LogP contribution in [0.5, 0.6) is 0 Å². The van der Waals surface area contributed by atoms with Crippen molar-refractivity contribution in [2.75, 3.05) is 0 Å². The summed E-state index contributed by atoms with van der Waals surface area (Å²) in [4.78, 5) is 10.6. The minimum absolute atomic E-state index is 0.478. The molecule has 0 N–H and O–H groups in total. The molecule has 2 aromatic rings. The second-order valence-corrected chi connectivity index (χ2v) is 7.00. The van der Waals surface area contributed by atoms with Gasteiger partial charge in [-0.1, -0.05) is 23.2 Å². The Morgan fingerprint density at radius 3 is 2.71 bits per heavy atom. The topological polar surface area (TPSA) is 25.8 Å². The lowest BCUT2D eigenvalue weighted by Gasteiger charge is -2.10. The Hall–Kier alpha value is 0.1000. The quantitative estimate of drug-likeness (QED) is 0.544. The number of hydrogen-bond donors (Lipinski definition) is 0. The third kappa shape index (κ3) is 2.09.